The summed E-state index contributed by atoms with van der Waals surface area (Å²) in [6.07, 6.45) is 3.26. The van der Waals surface area contributed by atoms with Crippen LogP contribution in [0.4, 0.5) is 0 Å². The fourth-order valence-electron chi connectivity index (χ4n) is 4.67. The lowest BCUT2D eigenvalue weighted by Crippen LogP contribution is -2.39. The van der Waals surface area contributed by atoms with Crippen molar-refractivity contribution >= 4 is 5.91 Å². The van der Waals surface area contributed by atoms with Gasteiger partial charge in [-0.25, -0.2) is 0 Å². The summed E-state index contributed by atoms with van der Waals surface area (Å²) in [6.45, 7) is 4.30. The molecule has 0 saturated heterocycles. The summed E-state index contributed by atoms with van der Waals surface area (Å²) in [5, 5.41) is 34.3. The first-order chi connectivity index (χ1) is 18.2. The zero-order valence-electron chi connectivity index (χ0n) is 22.3. The molecule has 4 atom stereocenters. The van der Waals surface area contributed by atoms with Crippen molar-refractivity contribution in [2.45, 2.75) is 57.8 Å². The number of carbonyl (C=O) groups excluding carboxylic acids is 1. The molecule has 38 heavy (non-hydrogen) atoms. The van der Waals surface area contributed by atoms with E-state index < -0.39 is 24.2 Å². The maximum absolute atomic E-state index is 13.1. The van der Waals surface area contributed by atoms with Crippen LogP contribution in [0.15, 0.2) is 84.9 Å². The lowest BCUT2D eigenvalue weighted by atomic mass is 9.91. The summed E-state index contributed by atoms with van der Waals surface area (Å²) >= 11 is 0. The maximum Gasteiger partial charge on any atom is 0.226 e. The lowest BCUT2D eigenvalue weighted by Gasteiger charge is -2.22. The Morgan fingerprint density at radius 2 is 1.50 bits per heavy atom. The Morgan fingerprint density at radius 3 is 2.11 bits per heavy atom. The van der Waals surface area contributed by atoms with E-state index in [9.17, 15) is 20.1 Å². The molecule has 6 heteroatoms. The SMILES string of the molecule is Cc1cc(O)cc(C)c1C[C@H](N)[C@H](O)C/C=C/[C@@H](O)[C@@H](Cc1ccccc1)C(=O)NCCc1ccccc1. The normalized spacial score (nSPS) is 14.7. The van der Waals surface area contributed by atoms with Crippen LogP contribution in [-0.2, 0) is 24.1 Å². The molecule has 202 valence electrons. The van der Waals surface area contributed by atoms with Crippen LogP contribution in [0.3, 0.4) is 0 Å². The van der Waals surface area contributed by atoms with E-state index in [1.165, 1.54) is 0 Å². The zero-order chi connectivity index (χ0) is 27.5. The molecule has 0 radical (unpaired) electrons. The van der Waals surface area contributed by atoms with Crippen molar-refractivity contribution in [2.24, 2.45) is 11.7 Å². The number of benzene rings is 3. The van der Waals surface area contributed by atoms with Gasteiger partial charge >= 0.3 is 0 Å². The van der Waals surface area contributed by atoms with Crippen LogP contribution in [0.2, 0.25) is 0 Å². The molecule has 0 saturated carbocycles. The van der Waals surface area contributed by atoms with E-state index in [-0.39, 0.29) is 18.1 Å². The van der Waals surface area contributed by atoms with Crippen LogP contribution in [0.5, 0.6) is 5.75 Å². The predicted molar refractivity (Wildman–Crippen MR) is 152 cm³/mol. The molecule has 0 heterocycles. The molecule has 1 amide bonds. The zero-order valence-corrected chi connectivity index (χ0v) is 22.3. The molecule has 0 unspecified atom stereocenters. The fraction of sp³-hybridized carbons (Fsp3) is 0.344. The van der Waals surface area contributed by atoms with Gasteiger partial charge in [0, 0.05) is 12.6 Å². The summed E-state index contributed by atoms with van der Waals surface area (Å²) in [6, 6.07) is 22.4. The Morgan fingerprint density at radius 1 is 0.921 bits per heavy atom. The van der Waals surface area contributed by atoms with Gasteiger partial charge in [-0.05, 0) is 79.5 Å². The van der Waals surface area contributed by atoms with Gasteiger partial charge in [0.1, 0.15) is 5.75 Å². The van der Waals surface area contributed by atoms with Gasteiger partial charge in [0.2, 0.25) is 5.91 Å². The number of carbonyl (C=O) groups is 1. The van der Waals surface area contributed by atoms with Gasteiger partial charge in [0.25, 0.3) is 0 Å². The van der Waals surface area contributed by atoms with Crippen molar-refractivity contribution in [2.75, 3.05) is 6.54 Å². The fourth-order valence-corrected chi connectivity index (χ4v) is 4.67. The van der Waals surface area contributed by atoms with Crippen LogP contribution < -0.4 is 11.1 Å². The molecule has 0 aliphatic carbocycles. The summed E-state index contributed by atoms with van der Waals surface area (Å²) in [5.41, 5.74) is 11.2. The van der Waals surface area contributed by atoms with Crippen molar-refractivity contribution in [3.05, 3.63) is 113 Å². The van der Waals surface area contributed by atoms with Crippen molar-refractivity contribution in [1.29, 1.82) is 0 Å². The smallest absolute Gasteiger partial charge is 0.226 e. The first kappa shape index (κ1) is 29.1. The second-order valence-corrected chi connectivity index (χ2v) is 9.97. The first-order valence-corrected chi connectivity index (χ1v) is 13.2. The minimum atomic E-state index is -1.02. The molecule has 0 aliphatic heterocycles. The average molecular weight is 517 g/mol. The lowest BCUT2D eigenvalue weighted by molar-refractivity contribution is -0.127. The summed E-state index contributed by atoms with van der Waals surface area (Å²) < 4.78 is 0. The van der Waals surface area contributed by atoms with Crippen LogP contribution in [-0.4, -0.2) is 46.0 Å². The maximum atomic E-state index is 13.1. The Bertz CT molecular complexity index is 1160. The van der Waals surface area contributed by atoms with Crippen LogP contribution in [0.25, 0.3) is 0 Å². The van der Waals surface area contributed by atoms with E-state index in [0.717, 1.165) is 27.8 Å². The van der Waals surface area contributed by atoms with Crippen molar-refractivity contribution in [1.82, 2.24) is 5.32 Å². The molecule has 3 aromatic carbocycles. The van der Waals surface area contributed by atoms with E-state index >= 15 is 0 Å². The monoisotopic (exact) mass is 516 g/mol. The second-order valence-electron chi connectivity index (χ2n) is 9.97. The molecule has 0 fully saturated rings. The number of aliphatic hydroxyl groups is 2. The minimum Gasteiger partial charge on any atom is -0.508 e. The molecule has 0 spiro atoms. The third kappa shape index (κ3) is 8.84. The number of aryl methyl sites for hydroxylation is 2. The highest BCUT2D eigenvalue weighted by molar-refractivity contribution is 5.79. The molecule has 6 nitrogen and oxygen atoms in total. The van der Waals surface area contributed by atoms with Crippen LogP contribution >= 0.6 is 0 Å². The van der Waals surface area contributed by atoms with Gasteiger partial charge in [0.05, 0.1) is 18.1 Å². The number of rotatable bonds is 13. The van der Waals surface area contributed by atoms with Crippen molar-refractivity contribution < 1.29 is 20.1 Å². The highest BCUT2D eigenvalue weighted by Gasteiger charge is 2.25. The topological polar surface area (TPSA) is 116 Å². The highest BCUT2D eigenvalue weighted by Crippen LogP contribution is 2.23. The molecule has 0 aliphatic rings. The summed E-state index contributed by atoms with van der Waals surface area (Å²) in [4.78, 5) is 13.1. The number of phenols is 1. The van der Waals surface area contributed by atoms with Gasteiger partial charge in [-0.15, -0.1) is 0 Å². The molecule has 6 N–H and O–H groups in total. The number of hydrogen-bond donors (Lipinski definition) is 5. The second kappa shape index (κ2) is 14.5. The number of hydrogen-bond acceptors (Lipinski definition) is 5. The Kier molecular flexibility index (Phi) is 11.1. The highest BCUT2D eigenvalue weighted by atomic mass is 16.3. The summed E-state index contributed by atoms with van der Waals surface area (Å²) in [7, 11) is 0. The third-order valence-electron chi connectivity index (χ3n) is 6.93. The third-order valence-corrected chi connectivity index (χ3v) is 6.93. The summed E-state index contributed by atoms with van der Waals surface area (Å²) in [5.74, 6) is -0.668. The molecular weight excluding hydrogens is 476 g/mol. The molecule has 3 aromatic rings. The van der Waals surface area contributed by atoms with Crippen LogP contribution in [0, 0.1) is 19.8 Å². The standard InChI is InChI=1S/C32H40N2O4/c1-22-18-26(35)19-23(2)27(22)21-29(33)31(37)15-9-14-30(36)28(20-25-12-7-4-8-13-25)32(38)34-17-16-24-10-5-3-6-11-24/h3-14,18-19,28-31,35-37H,15-17,20-21,33H2,1-2H3,(H,34,38)/b14-9+/t28-,29+,30-,31-/m1/s1. The van der Waals surface area contributed by atoms with Gasteiger partial charge in [0.15, 0.2) is 0 Å². The van der Waals surface area contributed by atoms with Gasteiger partial charge in [-0.3, -0.25) is 4.79 Å². The Labute approximate surface area is 225 Å². The van der Waals surface area contributed by atoms with Crippen LogP contribution in [0.1, 0.15) is 34.2 Å². The van der Waals surface area contributed by atoms with E-state index in [1.807, 2.05) is 74.5 Å². The number of amides is 1. The van der Waals surface area contributed by atoms with Crippen molar-refractivity contribution in [3.8, 4) is 5.75 Å². The molecular formula is C32H40N2O4. The number of aliphatic hydroxyl groups excluding tert-OH is 2. The largest absolute Gasteiger partial charge is 0.508 e. The molecule has 0 aromatic heterocycles. The van der Waals surface area contributed by atoms with Crippen molar-refractivity contribution in [3.63, 3.8) is 0 Å². The van der Waals surface area contributed by atoms with E-state index in [2.05, 4.69) is 5.32 Å². The average Bonchev–Trinajstić information content (AvgIpc) is 2.90. The Balaban J connectivity index is 1.59. The quantitative estimate of drug-likeness (QED) is 0.222. The number of nitrogens with two attached hydrogens (primary N) is 1. The Hall–Kier alpha value is -3.45. The molecule has 0 bridgehead atoms. The van der Waals surface area contributed by atoms with E-state index in [1.54, 1.807) is 24.3 Å². The number of phenolic OH excluding ortho intramolecular Hbond substituents is 1. The number of nitrogens with one attached hydrogen (secondary N) is 1. The van der Waals surface area contributed by atoms with Gasteiger partial charge < -0.3 is 26.4 Å². The van der Waals surface area contributed by atoms with Gasteiger partial charge in [-0.1, -0.05) is 72.8 Å². The van der Waals surface area contributed by atoms with E-state index in [4.69, 9.17) is 5.73 Å². The first-order valence-electron chi connectivity index (χ1n) is 13.2. The number of aromatic hydroxyl groups is 1. The minimum absolute atomic E-state index is 0.211. The van der Waals surface area contributed by atoms with Gasteiger partial charge in [-0.2, -0.15) is 0 Å². The van der Waals surface area contributed by atoms with E-state index in [0.29, 0.717) is 25.8 Å². The predicted octanol–water partition coefficient (Wildman–Crippen LogP) is 3.76. The molecule has 3 rings (SSSR count).